The van der Waals surface area contributed by atoms with Gasteiger partial charge in [-0.1, -0.05) is 234 Å². The SMILES string of the molecule is CCCCCCC1(CCCCCC)c2cc(C)ccc2-c2ccc(-c3ccc4c(c3)C(CCCCCC)(CCCCCC)c3cc(-c5ccc(N(c6ccc(C)cc6)c6ccc(C(C)CC)cc6)cc5)sc3-4)cc21. The second-order valence-electron chi connectivity index (χ2n) is 22.9. The van der Waals surface area contributed by atoms with Gasteiger partial charge in [0.2, 0.25) is 0 Å². The van der Waals surface area contributed by atoms with E-state index in [9.17, 15) is 0 Å². The molecule has 0 aliphatic heterocycles. The molecule has 0 N–H and O–H groups in total. The fourth-order valence-electron chi connectivity index (χ4n) is 13.2. The Hall–Kier alpha value is -5.18. The standard InChI is InChI=1S/C72H89NS/c1-9-14-18-22-44-71(45-23-19-15-10-2)65-48-53(7)28-41-62(65)63-42-33-57(49-66(63)71)58-34-43-64-67(50-58)72(46-24-20-16-11-3,47-25-21-17-12-4)68-51-69(74-70(64)68)56-31-39-61(40-32-56)73(59-35-26-52(6)27-36-59)60-37-29-55(30-38-60)54(8)13-5/h26-43,48-51,54H,9-25,44-47H2,1-8H3. The summed E-state index contributed by atoms with van der Waals surface area (Å²) in [5, 5.41) is 0. The minimum absolute atomic E-state index is 0.00727. The third kappa shape index (κ3) is 11.1. The Bertz CT molecular complexity index is 2890. The average Bonchev–Trinajstić information content (AvgIpc) is 4.06. The summed E-state index contributed by atoms with van der Waals surface area (Å²) in [5.41, 5.74) is 22.7. The molecule has 9 rings (SSSR count). The van der Waals surface area contributed by atoms with Gasteiger partial charge in [-0.3, -0.25) is 0 Å². The molecule has 1 heterocycles. The average molecular weight is 1000 g/mol. The van der Waals surface area contributed by atoms with Crippen molar-refractivity contribution in [3.05, 3.63) is 172 Å². The van der Waals surface area contributed by atoms with Crippen molar-refractivity contribution < 1.29 is 0 Å². The summed E-state index contributed by atoms with van der Waals surface area (Å²) in [5.74, 6) is 0.549. The summed E-state index contributed by atoms with van der Waals surface area (Å²) in [6, 6.07) is 53.2. The predicted molar refractivity (Wildman–Crippen MR) is 326 cm³/mol. The largest absolute Gasteiger partial charge is 0.311 e. The number of hydrogen-bond donors (Lipinski definition) is 0. The first-order chi connectivity index (χ1) is 36.2. The molecule has 388 valence electrons. The van der Waals surface area contributed by atoms with E-state index >= 15 is 0 Å². The monoisotopic (exact) mass is 1000 g/mol. The predicted octanol–water partition coefficient (Wildman–Crippen LogP) is 23.1. The number of benzene rings is 6. The van der Waals surface area contributed by atoms with Gasteiger partial charge in [-0.25, -0.2) is 0 Å². The van der Waals surface area contributed by atoms with E-state index in [1.807, 2.05) is 11.3 Å². The molecule has 0 fully saturated rings. The molecule has 1 nitrogen and oxygen atoms in total. The molecule has 74 heavy (non-hydrogen) atoms. The Morgan fingerprint density at radius 1 is 0.392 bits per heavy atom. The topological polar surface area (TPSA) is 3.24 Å². The molecule has 0 saturated carbocycles. The smallest absolute Gasteiger partial charge is 0.0462 e. The zero-order valence-corrected chi connectivity index (χ0v) is 47.8. The minimum Gasteiger partial charge on any atom is -0.311 e. The zero-order chi connectivity index (χ0) is 51.7. The first-order valence-corrected chi connectivity index (χ1v) is 30.6. The maximum absolute atomic E-state index is 2.70. The van der Waals surface area contributed by atoms with E-state index in [1.165, 1.54) is 205 Å². The van der Waals surface area contributed by atoms with Crippen LogP contribution in [0.3, 0.4) is 0 Å². The molecule has 2 aliphatic carbocycles. The van der Waals surface area contributed by atoms with Gasteiger partial charge in [0, 0.05) is 37.6 Å². The molecular formula is C72H89NS. The summed E-state index contributed by atoms with van der Waals surface area (Å²) in [6.45, 7) is 18.5. The van der Waals surface area contributed by atoms with Gasteiger partial charge in [0.25, 0.3) is 0 Å². The summed E-state index contributed by atoms with van der Waals surface area (Å²) in [4.78, 5) is 5.33. The van der Waals surface area contributed by atoms with Crippen LogP contribution in [0.1, 0.15) is 221 Å². The van der Waals surface area contributed by atoms with Crippen molar-refractivity contribution in [1.29, 1.82) is 0 Å². The van der Waals surface area contributed by atoms with E-state index in [1.54, 1.807) is 22.3 Å². The fraction of sp³-hybridized carbons (Fsp3) is 0.444. The highest BCUT2D eigenvalue weighted by molar-refractivity contribution is 7.19. The van der Waals surface area contributed by atoms with Crippen molar-refractivity contribution in [1.82, 2.24) is 0 Å². The lowest BCUT2D eigenvalue weighted by atomic mass is 9.69. The van der Waals surface area contributed by atoms with Crippen molar-refractivity contribution in [2.45, 2.75) is 207 Å². The number of thiophene rings is 1. The Morgan fingerprint density at radius 2 is 0.797 bits per heavy atom. The molecule has 0 saturated heterocycles. The van der Waals surface area contributed by atoms with Crippen LogP contribution in [0.5, 0.6) is 0 Å². The summed E-state index contributed by atoms with van der Waals surface area (Å²) in [6.07, 6.45) is 26.8. The Morgan fingerprint density at radius 3 is 1.30 bits per heavy atom. The van der Waals surface area contributed by atoms with Crippen molar-refractivity contribution in [3.63, 3.8) is 0 Å². The Balaban J connectivity index is 1.12. The van der Waals surface area contributed by atoms with Crippen LogP contribution in [0.2, 0.25) is 0 Å². The number of anilines is 3. The number of nitrogens with zero attached hydrogens (tertiary/aromatic N) is 1. The van der Waals surface area contributed by atoms with Crippen LogP contribution in [-0.2, 0) is 10.8 Å². The molecule has 0 radical (unpaired) electrons. The quantitative estimate of drug-likeness (QED) is 0.0464. The molecule has 1 aromatic heterocycles. The lowest BCUT2D eigenvalue weighted by molar-refractivity contribution is 0.401. The van der Waals surface area contributed by atoms with E-state index in [0.29, 0.717) is 5.92 Å². The van der Waals surface area contributed by atoms with Crippen LogP contribution in [0.15, 0.2) is 133 Å². The maximum atomic E-state index is 2.70. The first kappa shape index (κ1) is 53.6. The highest BCUT2D eigenvalue weighted by Crippen LogP contribution is 2.60. The summed E-state index contributed by atoms with van der Waals surface area (Å²) in [7, 11) is 0. The van der Waals surface area contributed by atoms with Crippen LogP contribution in [0.4, 0.5) is 17.1 Å². The molecule has 2 heteroatoms. The minimum atomic E-state index is 0.00727. The highest BCUT2D eigenvalue weighted by atomic mass is 32.1. The maximum Gasteiger partial charge on any atom is 0.0462 e. The summed E-state index contributed by atoms with van der Waals surface area (Å²) < 4.78 is 0. The highest BCUT2D eigenvalue weighted by Gasteiger charge is 2.45. The molecule has 7 aromatic rings. The van der Waals surface area contributed by atoms with Crippen molar-refractivity contribution in [2.75, 3.05) is 4.90 Å². The van der Waals surface area contributed by atoms with Crippen molar-refractivity contribution in [2.24, 2.45) is 0 Å². The van der Waals surface area contributed by atoms with Crippen molar-refractivity contribution >= 4 is 28.4 Å². The zero-order valence-electron chi connectivity index (χ0n) is 47.0. The Kier molecular flexibility index (Phi) is 17.9. The third-order valence-corrected chi connectivity index (χ3v) is 19.0. The Labute approximate surface area is 453 Å². The van der Waals surface area contributed by atoms with Gasteiger partial charge in [-0.05, 0) is 168 Å². The van der Waals surface area contributed by atoms with E-state index in [0.717, 1.165) is 6.42 Å². The van der Waals surface area contributed by atoms with Crippen molar-refractivity contribution in [3.8, 4) is 43.1 Å². The number of hydrogen-bond acceptors (Lipinski definition) is 2. The molecule has 6 aromatic carbocycles. The normalized spacial score (nSPS) is 14.2. The van der Waals surface area contributed by atoms with Gasteiger partial charge in [-0.2, -0.15) is 0 Å². The molecule has 1 unspecified atom stereocenters. The van der Waals surface area contributed by atoms with Gasteiger partial charge in [-0.15, -0.1) is 11.3 Å². The van der Waals surface area contributed by atoms with E-state index in [4.69, 9.17) is 0 Å². The molecular weight excluding hydrogens is 911 g/mol. The van der Waals surface area contributed by atoms with Crippen LogP contribution >= 0.6 is 11.3 Å². The number of fused-ring (bicyclic) bond motifs is 6. The number of rotatable bonds is 27. The van der Waals surface area contributed by atoms with Gasteiger partial charge in [0.1, 0.15) is 0 Å². The second kappa shape index (κ2) is 24.7. The van der Waals surface area contributed by atoms with Crippen LogP contribution in [0, 0.1) is 13.8 Å². The number of aryl methyl sites for hydroxylation is 2. The van der Waals surface area contributed by atoms with Crippen LogP contribution in [0.25, 0.3) is 43.1 Å². The van der Waals surface area contributed by atoms with Crippen LogP contribution in [-0.4, -0.2) is 0 Å². The molecule has 0 bridgehead atoms. The van der Waals surface area contributed by atoms with E-state index in [2.05, 4.69) is 194 Å². The van der Waals surface area contributed by atoms with E-state index < -0.39 is 0 Å². The van der Waals surface area contributed by atoms with Gasteiger partial charge >= 0.3 is 0 Å². The van der Waals surface area contributed by atoms with Gasteiger partial charge in [0.05, 0.1) is 0 Å². The third-order valence-electron chi connectivity index (χ3n) is 17.7. The molecule has 0 amide bonds. The summed E-state index contributed by atoms with van der Waals surface area (Å²) >= 11 is 2.04. The van der Waals surface area contributed by atoms with Crippen LogP contribution < -0.4 is 4.90 Å². The van der Waals surface area contributed by atoms with E-state index in [-0.39, 0.29) is 10.8 Å². The molecule has 0 spiro atoms. The lowest BCUT2D eigenvalue weighted by Gasteiger charge is -2.34. The second-order valence-corrected chi connectivity index (χ2v) is 24.0. The molecule has 2 aliphatic rings. The fourth-order valence-corrected chi connectivity index (χ4v) is 14.5. The first-order valence-electron chi connectivity index (χ1n) is 29.8. The van der Waals surface area contributed by atoms with Gasteiger partial charge in [0.15, 0.2) is 0 Å². The number of unbranched alkanes of at least 4 members (excludes halogenated alkanes) is 12. The lowest BCUT2D eigenvalue weighted by Crippen LogP contribution is -2.26. The molecule has 1 atom stereocenters. The van der Waals surface area contributed by atoms with Gasteiger partial charge < -0.3 is 4.90 Å².